The van der Waals surface area contributed by atoms with Gasteiger partial charge in [0.2, 0.25) is 5.91 Å². The molecule has 2 aliphatic rings. The second-order valence-corrected chi connectivity index (χ2v) is 8.88. The molecule has 0 radical (unpaired) electrons. The number of rotatable bonds is 4. The Morgan fingerprint density at radius 3 is 2.66 bits per heavy atom. The van der Waals surface area contributed by atoms with Crippen molar-refractivity contribution < 1.29 is 9.90 Å². The molecule has 0 bridgehead atoms. The number of aromatic hydroxyl groups is 1. The highest BCUT2D eigenvalue weighted by Gasteiger charge is 2.39. The van der Waals surface area contributed by atoms with Crippen LogP contribution in [-0.4, -0.2) is 47.0 Å². The first kappa shape index (κ1) is 20.5. The average molecular weight is 433 g/mol. The van der Waals surface area contributed by atoms with Gasteiger partial charge in [0.05, 0.1) is 22.5 Å². The van der Waals surface area contributed by atoms with E-state index in [2.05, 4.69) is 11.0 Å². The lowest BCUT2D eigenvalue weighted by Gasteiger charge is -2.43. The molecule has 4 rings (SSSR count). The van der Waals surface area contributed by atoms with E-state index in [-0.39, 0.29) is 24.4 Å². The molecule has 154 valence electrons. The molecule has 2 aromatic carbocycles. The van der Waals surface area contributed by atoms with Gasteiger partial charge in [0.1, 0.15) is 5.75 Å². The summed E-state index contributed by atoms with van der Waals surface area (Å²) in [4.78, 5) is 17.6. The predicted molar refractivity (Wildman–Crippen MR) is 117 cm³/mol. The summed E-state index contributed by atoms with van der Waals surface area (Å²) >= 11 is 12.1. The van der Waals surface area contributed by atoms with Crippen LogP contribution in [0.15, 0.2) is 36.4 Å². The Morgan fingerprint density at radius 2 is 1.93 bits per heavy atom. The Bertz CT molecular complexity index is 912. The van der Waals surface area contributed by atoms with Crippen LogP contribution in [0.1, 0.15) is 42.0 Å². The minimum absolute atomic E-state index is 0.0359. The fraction of sp³-hybridized carbons (Fsp3) is 0.435. The molecule has 2 aromatic rings. The second-order valence-electron chi connectivity index (χ2n) is 8.07. The van der Waals surface area contributed by atoms with Gasteiger partial charge in [-0.15, -0.1) is 0 Å². The van der Waals surface area contributed by atoms with E-state index < -0.39 is 0 Å². The molecule has 0 unspecified atom stereocenters. The molecule has 0 spiro atoms. The number of phenolic OH excluding ortho intramolecular Hbond substituents is 1. The number of hydrogen-bond acceptors (Lipinski definition) is 3. The molecule has 1 fully saturated rings. The fourth-order valence-electron chi connectivity index (χ4n) is 4.83. The van der Waals surface area contributed by atoms with Crippen LogP contribution in [-0.2, 0) is 17.6 Å². The standard InChI is InChI=1S/C23H26Cl2N2O2/c1-26(22(29)14-15-7-9-18(24)19(25)13-15)23-17-5-4-6-21(28)16(17)8-10-20(23)27-11-2-3-12-27/h4-7,9,13,20,23,28H,2-3,8,10-12,14H2,1H3/t20-,23-/m0/s1. The summed E-state index contributed by atoms with van der Waals surface area (Å²) in [6, 6.07) is 11.2. The summed E-state index contributed by atoms with van der Waals surface area (Å²) in [5.41, 5.74) is 2.89. The van der Waals surface area contributed by atoms with Gasteiger partial charge in [-0.2, -0.15) is 0 Å². The molecule has 1 N–H and O–H groups in total. The Hall–Kier alpha value is -1.75. The normalized spacial score (nSPS) is 21.8. The quantitative estimate of drug-likeness (QED) is 0.750. The lowest BCUT2D eigenvalue weighted by Crippen LogP contribution is -2.48. The number of benzene rings is 2. The molecular weight excluding hydrogens is 407 g/mol. The van der Waals surface area contributed by atoms with E-state index in [0.29, 0.717) is 15.8 Å². The molecule has 29 heavy (non-hydrogen) atoms. The van der Waals surface area contributed by atoms with E-state index in [1.807, 2.05) is 24.1 Å². The molecule has 0 aromatic heterocycles. The maximum absolute atomic E-state index is 13.2. The lowest BCUT2D eigenvalue weighted by atomic mass is 9.82. The van der Waals surface area contributed by atoms with Gasteiger partial charge in [-0.05, 0) is 73.7 Å². The highest BCUT2D eigenvalue weighted by Crippen LogP contribution is 2.41. The van der Waals surface area contributed by atoms with Crippen molar-refractivity contribution in [3.05, 3.63) is 63.1 Å². The number of likely N-dealkylation sites (N-methyl/N-ethyl adjacent to an activating group) is 1. The third-order valence-corrected chi connectivity index (χ3v) is 7.06. The van der Waals surface area contributed by atoms with Crippen LogP contribution in [0.4, 0.5) is 0 Å². The number of carbonyl (C=O) groups excluding carboxylic acids is 1. The van der Waals surface area contributed by atoms with Gasteiger partial charge in [0.25, 0.3) is 0 Å². The van der Waals surface area contributed by atoms with Gasteiger partial charge >= 0.3 is 0 Å². The van der Waals surface area contributed by atoms with Gasteiger partial charge in [0, 0.05) is 13.1 Å². The largest absolute Gasteiger partial charge is 0.508 e. The minimum atomic E-state index is -0.0702. The molecule has 1 heterocycles. The van der Waals surface area contributed by atoms with Crippen molar-refractivity contribution in [2.75, 3.05) is 20.1 Å². The third-order valence-electron chi connectivity index (χ3n) is 6.32. The third kappa shape index (κ3) is 4.11. The first-order valence-corrected chi connectivity index (χ1v) is 11.0. The number of amides is 1. The smallest absolute Gasteiger partial charge is 0.227 e. The molecule has 1 aliphatic carbocycles. The second kappa shape index (κ2) is 8.55. The zero-order valence-electron chi connectivity index (χ0n) is 16.6. The van der Waals surface area contributed by atoms with Crippen LogP contribution in [0.3, 0.4) is 0 Å². The molecule has 6 heteroatoms. The van der Waals surface area contributed by atoms with Crippen molar-refractivity contribution in [2.45, 2.75) is 44.2 Å². The molecule has 0 saturated carbocycles. The van der Waals surface area contributed by atoms with Crippen LogP contribution < -0.4 is 0 Å². The highest BCUT2D eigenvalue weighted by molar-refractivity contribution is 6.42. The topological polar surface area (TPSA) is 43.8 Å². The number of hydrogen-bond donors (Lipinski definition) is 1. The zero-order chi connectivity index (χ0) is 20.5. The SMILES string of the molecule is CN(C(=O)Cc1ccc(Cl)c(Cl)c1)[C@H]1c2cccc(O)c2CC[C@@H]1N1CCCC1. The maximum Gasteiger partial charge on any atom is 0.227 e. The summed E-state index contributed by atoms with van der Waals surface area (Å²) in [6.45, 7) is 2.15. The monoisotopic (exact) mass is 432 g/mol. The molecule has 1 aliphatic heterocycles. The molecule has 2 atom stereocenters. The summed E-state index contributed by atoms with van der Waals surface area (Å²) in [6.07, 6.45) is 4.47. The average Bonchev–Trinajstić information content (AvgIpc) is 3.24. The number of likely N-dealkylation sites (tertiary alicyclic amines) is 1. The minimum Gasteiger partial charge on any atom is -0.508 e. The van der Waals surface area contributed by atoms with Crippen LogP contribution >= 0.6 is 23.2 Å². The van der Waals surface area contributed by atoms with E-state index in [9.17, 15) is 9.90 Å². The van der Waals surface area contributed by atoms with E-state index >= 15 is 0 Å². The number of nitrogens with zero attached hydrogens (tertiary/aromatic N) is 2. The number of fused-ring (bicyclic) bond motifs is 1. The van der Waals surface area contributed by atoms with Crippen molar-refractivity contribution >= 4 is 29.1 Å². The fourth-order valence-corrected chi connectivity index (χ4v) is 5.15. The molecular formula is C23H26Cl2N2O2. The number of halogens is 2. The molecule has 1 amide bonds. The van der Waals surface area contributed by atoms with E-state index in [1.54, 1.807) is 18.2 Å². The Morgan fingerprint density at radius 1 is 1.17 bits per heavy atom. The van der Waals surface area contributed by atoms with Crippen LogP contribution in [0, 0.1) is 0 Å². The van der Waals surface area contributed by atoms with E-state index in [4.69, 9.17) is 23.2 Å². The van der Waals surface area contributed by atoms with Gasteiger partial charge in [0.15, 0.2) is 0 Å². The van der Waals surface area contributed by atoms with Crippen molar-refractivity contribution in [2.24, 2.45) is 0 Å². The Kier molecular flexibility index (Phi) is 6.05. The first-order chi connectivity index (χ1) is 14.0. The van der Waals surface area contributed by atoms with Crippen LogP contribution in [0.5, 0.6) is 5.75 Å². The summed E-state index contributed by atoms with van der Waals surface area (Å²) in [7, 11) is 1.88. The van der Waals surface area contributed by atoms with E-state index in [1.165, 1.54) is 12.8 Å². The molecule has 1 saturated heterocycles. The Balaban J connectivity index is 1.63. The Labute approximate surface area is 182 Å². The number of carbonyl (C=O) groups is 1. The van der Waals surface area contributed by atoms with Crippen molar-refractivity contribution in [3.8, 4) is 5.75 Å². The lowest BCUT2D eigenvalue weighted by molar-refractivity contribution is -0.133. The maximum atomic E-state index is 13.2. The first-order valence-electron chi connectivity index (χ1n) is 10.2. The molecule has 4 nitrogen and oxygen atoms in total. The van der Waals surface area contributed by atoms with Gasteiger partial charge in [-0.25, -0.2) is 0 Å². The summed E-state index contributed by atoms with van der Waals surface area (Å²) in [5, 5.41) is 11.3. The van der Waals surface area contributed by atoms with Gasteiger partial charge in [-0.3, -0.25) is 9.69 Å². The van der Waals surface area contributed by atoms with Gasteiger partial charge < -0.3 is 10.0 Å². The van der Waals surface area contributed by atoms with Crippen LogP contribution in [0.2, 0.25) is 10.0 Å². The number of phenols is 1. The van der Waals surface area contributed by atoms with Crippen LogP contribution in [0.25, 0.3) is 0 Å². The summed E-state index contributed by atoms with van der Waals surface area (Å²) in [5.74, 6) is 0.367. The zero-order valence-corrected chi connectivity index (χ0v) is 18.1. The highest BCUT2D eigenvalue weighted by atomic mass is 35.5. The van der Waals surface area contributed by atoms with Gasteiger partial charge in [-0.1, -0.05) is 41.4 Å². The van der Waals surface area contributed by atoms with Crippen molar-refractivity contribution in [3.63, 3.8) is 0 Å². The summed E-state index contributed by atoms with van der Waals surface area (Å²) < 4.78 is 0. The van der Waals surface area contributed by atoms with Crippen molar-refractivity contribution in [1.82, 2.24) is 9.80 Å². The predicted octanol–water partition coefficient (Wildman–Crippen LogP) is 4.85. The van der Waals surface area contributed by atoms with Crippen molar-refractivity contribution in [1.29, 1.82) is 0 Å². The van der Waals surface area contributed by atoms with E-state index in [0.717, 1.165) is 42.6 Å².